The van der Waals surface area contributed by atoms with Gasteiger partial charge in [-0.1, -0.05) is 60.7 Å². The third-order valence-corrected chi connectivity index (χ3v) is 7.11. The molecule has 2 heterocycles. The van der Waals surface area contributed by atoms with Crippen LogP contribution < -0.4 is 5.32 Å². The van der Waals surface area contributed by atoms with Gasteiger partial charge in [-0.05, 0) is 57.6 Å². The molecule has 214 valence electrons. The van der Waals surface area contributed by atoms with Crippen LogP contribution in [-0.4, -0.2) is 70.5 Å². The van der Waals surface area contributed by atoms with Crippen LogP contribution in [0.15, 0.2) is 60.7 Å². The number of ether oxygens (including phenoxy) is 2. The molecule has 0 bridgehead atoms. The van der Waals surface area contributed by atoms with Crippen LogP contribution in [0, 0.1) is 0 Å². The second-order valence-corrected chi connectivity index (χ2v) is 11.4. The Bertz CT molecular complexity index is 1180. The highest BCUT2D eigenvalue weighted by atomic mass is 16.6. The SMILES string of the molecule is CC(C)(C)OC(=O)N1CCC[C@H]1C(=O)N1CCC[C@H]1C(=O)N[C@@H](Cc1ccccc1)C(=O)OCc1ccccc1. The summed E-state index contributed by atoms with van der Waals surface area (Å²) in [7, 11) is 0. The topological polar surface area (TPSA) is 105 Å². The number of benzene rings is 2. The molecule has 2 aliphatic heterocycles. The van der Waals surface area contributed by atoms with Crippen molar-refractivity contribution in [2.45, 2.75) is 83.2 Å². The number of hydrogen-bond donors (Lipinski definition) is 1. The molecule has 0 saturated carbocycles. The van der Waals surface area contributed by atoms with Crippen molar-refractivity contribution in [3.63, 3.8) is 0 Å². The van der Waals surface area contributed by atoms with Gasteiger partial charge in [0.25, 0.3) is 0 Å². The summed E-state index contributed by atoms with van der Waals surface area (Å²) in [6.45, 7) is 6.30. The van der Waals surface area contributed by atoms with Gasteiger partial charge in [0, 0.05) is 19.5 Å². The fraction of sp³-hybridized carbons (Fsp3) is 0.484. The number of amides is 3. The van der Waals surface area contributed by atoms with Crippen LogP contribution in [0.4, 0.5) is 4.79 Å². The molecule has 4 rings (SSSR count). The molecule has 3 atom stereocenters. The van der Waals surface area contributed by atoms with E-state index in [2.05, 4.69) is 5.32 Å². The van der Waals surface area contributed by atoms with E-state index >= 15 is 0 Å². The largest absolute Gasteiger partial charge is 0.459 e. The summed E-state index contributed by atoms with van der Waals surface area (Å²) < 4.78 is 11.1. The highest BCUT2D eigenvalue weighted by Crippen LogP contribution is 2.26. The molecule has 9 nitrogen and oxygen atoms in total. The van der Waals surface area contributed by atoms with Crippen LogP contribution >= 0.6 is 0 Å². The molecule has 2 aromatic carbocycles. The number of esters is 1. The molecule has 0 spiro atoms. The Balaban J connectivity index is 1.44. The zero-order chi connectivity index (χ0) is 28.7. The van der Waals surface area contributed by atoms with Gasteiger partial charge >= 0.3 is 12.1 Å². The lowest BCUT2D eigenvalue weighted by Crippen LogP contribution is -2.55. The molecule has 0 unspecified atom stereocenters. The lowest BCUT2D eigenvalue weighted by Gasteiger charge is -2.32. The number of likely N-dealkylation sites (tertiary alicyclic amines) is 2. The van der Waals surface area contributed by atoms with E-state index in [9.17, 15) is 19.2 Å². The van der Waals surface area contributed by atoms with E-state index in [1.54, 1.807) is 25.7 Å². The third-order valence-electron chi connectivity index (χ3n) is 7.11. The molecule has 2 aromatic rings. The number of rotatable bonds is 8. The monoisotopic (exact) mass is 549 g/mol. The maximum atomic E-state index is 13.6. The van der Waals surface area contributed by atoms with Gasteiger partial charge in [-0.15, -0.1) is 0 Å². The average molecular weight is 550 g/mol. The van der Waals surface area contributed by atoms with Crippen molar-refractivity contribution in [1.82, 2.24) is 15.1 Å². The Kier molecular flexibility index (Phi) is 9.45. The predicted molar refractivity (Wildman–Crippen MR) is 149 cm³/mol. The lowest BCUT2D eigenvalue weighted by molar-refractivity contribution is -0.150. The van der Waals surface area contributed by atoms with Gasteiger partial charge in [0.15, 0.2) is 0 Å². The molecule has 1 N–H and O–H groups in total. The van der Waals surface area contributed by atoms with E-state index in [1.165, 1.54) is 4.90 Å². The minimum absolute atomic E-state index is 0.0943. The molecule has 2 fully saturated rings. The fourth-order valence-electron chi connectivity index (χ4n) is 5.20. The van der Waals surface area contributed by atoms with Crippen molar-refractivity contribution < 1.29 is 28.7 Å². The quantitative estimate of drug-likeness (QED) is 0.502. The van der Waals surface area contributed by atoms with Gasteiger partial charge in [0.05, 0.1) is 0 Å². The summed E-state index contributed by atoms with van der Waals surface area (Å²) >= 11 is 0. The highest BCUT2D eigenvalue weighted by Gasteiger charge is 2.43. The third kappa shape index (κ3) is 7.61. The number of carbonyl (C=O) groups is 4. The molecular formula is C31H39N3O6. The van der Waals surface area contributed by atoms with E-state index in [4.69, 9.17) is 9.47 Å². The summed E-state index contributed by atoms with van der Waals surface area (Å²) in [5.74, 6) is -1.19. The van der Waals surface area contributed by atoms with E-state index < -0.39 is 41.7 Å². The van der Waals surface area contributed by atoms with E-state index in [-0.39, 0.29) is 18.9 Å². The summed E-state index contributed by atoms with van der Waals surface area (Å²) in [6.07, 6.45) is 2.08. The van der Waals surface area contributed by atoms with Crippen molar-refractivity contribution >= 4 is 23.9 Å². The van der Waals surface area contributed by atoms with E-state index in [0.717, 1.165) is 11.1 Å². The summed E-state index contributed by atoms with van der Waals surface area (Å²) in [5.41, 5.74) is 1.05. The predicted octanol–water partition coefficient (Wildman–Crippen LogP) is 3.85. The Morgan fingerprint density at radius 1 is 0.850 bits per heavy atom. The van der Waals surface area contributed by atoms with Crippen LogP contribution in [0.2, 0.25) is 0 Å². The molecule has 0 radical (unpaired) electrons. The van der Waals surface area contributed by atoms with Gasteiger partial charge in [0.2, 0.25) is 11.8 Å². The van der Waals surface area contributed by atoms with Crippen LogP contribution in [0.5, 0.6) is 0 Å². The second-order valence-electron chi connectivity index (χ2n) is 11.4. The summed E-state index contributed by atoms with van der Waals surface area (Å²) in [5, 5.41) is 2.87. The first kappa shape index (κ1) is 29.1. The first-order chi connectivity index (χ1) is 19.1. The molecule has 2 saturated heterocycles. The number of hydrogen-bond acceptors (Lipinski definition) is 6. The standard InChI is InChI=1S/C31H39N3O6/c1-31(2,3)40-30(38)34-19-11-17-26(34)28(36)33-18-10-16-25(33)27(35)32-24(20-22-12-6-4-7-13-22)29(37)39-21-23-14-8-5-9-15-23/h4-9,12-15,24-26H,10-11,16-21H2,1-3H3,(H,32,35)/t24-,25-,26-/m0/s1. The van der Waals surface area contributed by atoms with Crippen molar-refractivity contribution in [2.75, 3.05) is 13.1 Å². The Morgan fingerprint density at radius 2 is 1.43 bits per heavy atom. The van der Waals surface area contributed by atoms with Gasteiger partial charge in [-0.2, -0.15) is 0 Å². The summed E-state index contributed by atoms with van der Waals surface area (Å²) in [4.78, 5) is 56.1. The zero-order valence-electron chi connectivity index (χ0n) is 23.5. The fourth-order valence-corrected chi connectivity index (χ4v) is 5.20. The Hall–Kier alpha value is -3.88. The molecule has 0 aromatic heterocycles. The van der Waals surface area contributed by atoms with Gasteiger partial charge in [0.1, 0.15) is 30.3 Å². The van der Waals surface area contributed by atoms with Gasteiger partial charge in [-0.3, -0.25) is 14.5 Å². The van der Waals surface area contributed by atoms with E-state index in [1.807, 2.05) is 60.7 Å². The van der Waals surface area contributed by atoms with Crippen molar-refractivity contribution in [1.29, 1.82) is 0 Å². The van der Waals surface area contributed by atoms with Crippen LogP contribution in [0.1, 0.15) is 57.6 Å². The maximum Gasteiger partial charge on any atom is 0.410 e. The number of carbonyl (C=O) groups excluding carboxylic acids is 4. The first-order valence-electron chi connectivity index (χ1n) is 14.0. The number of nitrogens with one attached hydrogen (secondary N) is 1. The maximum absolute atomic E-state index is 13.6. The van der Waals surface area contributed by atoms with Gasteiger partial charge in [-0.25, -0.2) is 9.59 Å². The Labute approximate surface area is 235 Å². The van der Waals surface area contributed by atoms with Crippen molar-refractivity contribution in [3.05, 3.63) is 71.8 Å². The molecule has 0 aliphatic carbocycles. The Morgan fingerprint density at radius 3 is 2.05 bits per heavy atom. The van der Waals surface area contributed by atoms with Crippen LogP contribution in [0.25, 0.3) is 0 Å². The smallest absolute Gasteiger partial charge is 0.410 e. The molecule has 2 aliphatic rings. The number of nitrogens with zero attached hydrogens (tertiary/aromatic N) is 2. The van der Waals surface area contributed by atoms with Crippen molar-refractivity contribution in [3.8, 4) is 0 Å². The lowest BCUT2D eigenvalue weighted by atomic mass is 10.0. The van der Waals surface area contributed by atoms with Crippen LogP contribution in [-0.2, 0) is 36.9 Å². The molecule has 3 amide bonds. The summed E-state index contributed by atoms with van der Waals surface area (Å²) in [6, 6.07) is 16.5. The molecular weight excluding hydrogens is 510 g/mol. The average Bonchev–Trinajstić information content (AvgIpc) is 3.62. The highest BCUT2D eigenvalue weighted by molar-refractivity contribution is 5.93. The normalized spacial score (nSPS) is 19.7. The van der Waals surface area contributed by atoms with Crippen LogP contribution in [0.3, 0.4) is 0 Å². The van der Waals surface area contributed by atoms with Crippen molar-refractivity contribution in [2.24, 2.45) is 0 Å². The molecule has 40 heavy (non-hydrogen) atoms. The van der Waals surface area contributed by atoms with Gasteiger partial charge < -0.3 is 19.7 Å². The first-order valence-corrected chi connectivity index (χ1v) is 14.0. The second kappa shape index (κ2) is 13.0. The minimum atomic E-state index is -0.916. The van der Waals surface area contributed by atoms with E-state index in [0.29, 0.717) is 38.8 Å². The zero-order valence-corrected chi connectivity index (χ0v) is 23.5. The minimum Gasteiger partial charge on any atom is -0.459 e. The molecule has 9 heteroatoms.